The van der Waals surface area contributed by atoms with Crippen LogP contribution in [0.25, 0.3) is 10.9 Å². The van der Waals surface area contributed by atoms with E-state index in [0.29, 0.717) is 17.7 Å². The number of hydrogen-bond donors (Lipinski definition) is 2. The number of benzene rings is 1. The summed E-state index contributed by atoms with van der Waals surface area (Å²) in [6, 6.07) is 7.58. The minimum atomic E-state index is -0.919. The Hall–Kier alpha value is -2.10. The molecule has 2 rings (SSSR count). The molecule has 0 spiro atoms. The number of nitrogens with one attached hydrogen (secondary N) is 1. The van der Waals surface area contributed by atoms with Gasteiger partial charge < -0.3 is 10.1 Å². The highest BCUT2D eigenvalue weighted by molar-refractivity contribution is 6.09. The summed E-state index contributed by atoms with van der Waals surface area (Å²) in [4.78, 5) is 27.2. The highest BCUT2D eigenvalue weighted by atomic mass is 16.4. The van der Waals surface area contributed by atoms with Crippen LogP contribution in [0, 0.1) is 0 Å². The molecule has 4 nitrogen and oxygen atoms in total. The molecule has 0 amide bonds. The van der Waals surface area contributed by atoms with Gasteiger partial charge in [-0.15, -0.1) is 0 Å². The third-order valence-electron chi connectivity index (χ3n) is 6.40. The van der Waals surface area contributed by atoms with Crippen molar-refractivity contribution in [1.82, 2.24) is 4.98 Å². The van der Waals surface area contributed by atoms with Crippen LogP contribution in [-0.4, -0.2) is 21.8 Å². The molecule has 0 saturated heterocycles. The van der Waals surface area contributed by atoms with Crippen LogP contribution in [-0.2, 0) is 11.2 Å². The number of aliphatic carboxylic acids is 1. The van der Waals surface area contributed by atoms with E-state index in [0.717, 1.165) is 23.7 Å². The van der Waals surface area contributed by atoms with Crippen molar-refractivity contribution in [3.63, 3.8) is 0 Å². The average Bonchev–Trinajstić information content (AvgIpc) is 3.13. The lowest BCUT2D eigenvalue weighted by Crippen LogP contribution is -2.07. The van der Waals surface area contributed by atoms with E-state index < -0.39 is 5.97 Å². The van der Waals surface area contributed by atoms with Crippen LogP contribution in [0.5, 0.6) is 0 Å². The SMILES string of the molecule is CCCCCCCCCCCCCCCCCC(=O)c1c(CC(=O)O)[nH]c2ccccc12. The van der Waals surface area contributed by atoms with Gasteiger partial charge in [-0.3, -0.25) is 9.59 Å². The molecule has 0 saturated carbocycles. The molecule has 0 unspecified atom stereocenters. The Kier molecular flexibility index (Phi) is 12.8. The van der Waals surface area contributed by atoms with Crippen molar-refractivity contribution >= 4 is 22.7 Å². The summed E-state index contributed by atoms with van der Waals surface area (Å²) in [5.74, 6) is -0.856. The molecule has 0 aliphatic rings. The first-order chi connectivity index (χ1) is 15.6. The number of rotatable bonds is 19. The van der Waals surface area contributed by atoms with Gasteiger partial charge in [-0.1, -0.05) is 115 Å². The first-order valence-corrected chi connectivity index (χ1v) is 13.0. The van der Waals surface area contributed by atoms with Crippen molar-refractivity contribution in [1.29, 1.82) is 0 Å². The molecule has 32 heavy (non-hydrogen) atoms. The Morgan fingerprint density at radius 2 is 1.25 bits per heavy atom. The first-order valence-electron chi connectivity index (χ1n) is 13.0. The van der Waals surface area contributed by atoms with Gasteiger partial charge in [0.15, 0.2) is 5.78 Å². The van der Waals surface area contributed by atoms with Gasteiger partial charge in [-0.2, -0.15) is 0 Å². The van der Waals surface area contributed by atoms with Crippen LogP contribution in [0.2, 0.25) is 0 Å². The van der Waals surface area contributed by atoms with Gasteiger partial charge in [0.1, 0.15) is 0 Å². The van der Waals surface area contributed by atoms with E-state index in [1.807, 2.05) is 24.3 Å². The third-order valence-corrected chi connectivity index (χ3v) is 6.40. The molecule has 1 aromatic carbocycles. The molecule has 0 radical (unpaired) electrons. The molecule has 2 N–H and O–H groups in total. The molecule has 0 atom stereocenters. The van der Waals surface area contributed by atoms with Gasteiger partial charge in [0.25, 0.3) is 0 Å². The number of unbranched alkanes of at least 4 members (excludes halogenated alkanes) is 14. The van der Waals surface area contributed by atoms with Crippen molar-refractivity contribution in [2.45, 2.75) is 116 Å². The number of H-pyrrole nitrogens is 1. The van der Waals surface area contributed by atoms with E-state index in [1.54, 1.807) is 0 Å². The maximum absolute atomic E-state index is 12.8. The molecule has 0 bridgehead atoms. The second-order valence-corrected chi connectivity index (χ2v) is 9.22. The highest BCUT2D eigenvalue weighted by Crippen LogP contribution is 2.25. The van der Waals surface area contributed by atoms with Crippen molar-refractivity contribution in [2.24, 2.45) is 0 Å². The maximum atomic E-state index is 12.8. The Balaban J connectivity index is 1.55. The minimum Gasteiger partial charge on any atom is -0.481 e. The van der Waals surface area contributed by atoms with Crippen molar-refractivity contribution in [3.8, 4) is 0 Å². The van der Waals surface area contributed by atoms with E-state index >= 15 is 0 Å². The van der Waals surface area contributed by atoms with Gasteiger partial charge in [0.2, 0.25) is 0 Å². The summed E-state index contributed by atoms with van der Waals surface area (Å²) in [6.07, 6.45) is 19.9. The maximum Gasteiger partial charge on any atom is 0.309 e. The lowest BCUT2D eigenvalue weighted by atomic mass is 9.99. The first kappa shape index (κ1) is 26.2. The monoisotopic (exact) mass is 441 g/mol. The summed E-state index contributed by atoms with van der Waals surface area (Å²) in [5.41, 5.74) is 1.95. The Labute approximate surface area is 194 Å². The van der Waals surface area contributed by atoms with Crippen LogP contribution in [0.1, 0.15) is 126 Å². The number of aromatic nitrogens is 1. The van der Waals surface area contributed by atoms with Gasteiger partial charge in [-0.25, -0.2) is 0 Å². The number of carbonyl (C=O) groups is 2. The Bertz CT molecular complexity index is 808. The molecule has 2 aromatic rings. The van der Waals surface area contributed by atoms with Crippen molar-refractivity contribution in [2.75, 3.05) is 0 Å². The molecule has 178 valence electrons. The summed E-state index contributed by atoms with van der Waals surface area (Å²) in [6.45, 7) is 2.27. The van der Waals surface area contributed by atoms with Gasteiger partial charge >= 0.3 is 5.97 Å². The topological polar surface area (TPSA) is 70.2 Å². The number of Topliss-reactive ketones (excluding diaryl/α,β-unsaturated/α-hetero) is 1. The fraction of sp³-hybridized carbons (Fsp3) is 0.643. The zero-order valence-corrected chi connectivity index (χ0v) is 20.1. The lowest BCUT2D eigenvalue weighted by molar-refractivity contribution is -0.136. The van der Waals surface area contributed by atoms with E-state index in [4.69, 9.17) is 0 Å². The van der Waals surface area contributed by atoms with Crippen LogP contribution >= 0.6 is 0 Å². The Morgan fingerprint density at radius 3 is 1.78 bits per heavy atom. The molecule has 1 aromatic heterocycles. The fourth-order valence-corrected chi connectivity index (χ4v) is 4.58. The number of ketones is 1. The smallest absolute Gasteiger partial charge is 0.309 e. The van der Waals surface area contributed by atoms with E-state index in [-0.39, 0.29) is 12.2 Å². The second-order valence-electron chi connectivity index (χ2n) is 9.22. The largest absolute Gasteiger partial charge is 0.481 e. The molecule has 1 heterocycles. The summed E-state index contributed by atoms with van der Waals surface area (Å²) >= 11 is 0. The average molecular weight is 442 g/mol. The minimum absolute atomic E-state index is 0.0633. The van der Waals surface area contributed by atoms with E-state index in [2.05, 4.69) is 11.9 Å². The zero-order valence-electron chi connectivity index (χ0n) is 20.1. The molecular weight excluding hydrogens is 398 g/mol. The molecule has 0 aliphatic carbocycles. The number of carboxylic acid groups (broad SMARTS) is 1. The third kappa shape index (κ3) is 9.58. The molecule has 0 aliphatic heterocycles. The predicted molar refractivity (Wildman–Crippen MR) is 134 cm³/mol. The molecule has 4 heteroatoms. The van der Waals surface area contributed by atoms with Crippen LogP contribution in [0.3, 0.4) is 0 Å². The van der Waals surface area contributed by atoms with Crippen molar-refractivity contribution in [3.05, 3.63) is 35.5 Å². The summed E-state index contributed by atoms with van der Waals surface area (Å²) < 4.78 is 0. The van der Waals surface area contributed by atoms with Crippen LogP contribution in [0.15, 0.2) is 24.3 Å². The van der Waals surface area contributed by atoms with Gasteiger partial charge in [0, 0.05) is 28.6 Å². The summed E-state index contributed by atoms with van der Waals surface area (Å²) in [7, 11) is 0. The molecular formula is C28H43NO3. The number of hydrogen-bond acceptors (Lipinski definition) is 2. The van der Waals surface area contributed by atoms with Gasteiger partial charge in [-0.05, 0) is 12.5 Å². The van der Waals surface area contributed by atoms with Crippen LogP contribution < -0.4 is 0 Å². The number of carboxylic acids is 1. The number of aromatic amines is 1. The predicted octanol–water partition coefficient (Wildman–Crippen LogP) is 8.24. The van der Waals surface area contributed by atoms with E-state index in [9.17, 15) is 14.7 Å². The lowest BCUT2D eigenvalue weighted by Gasteiger charge is -2.05. The second kappa shape index (κ2) is 15.7. The van der Waals surface area contributed by atoms with Gasteiger partial charge in [0.05, 0.1) is 6.42 Å². The standard InChI is InChI=1S/C28H43NO3/c1-2-3-4-5-6-7-8-9-10-11-12-13-14-15-16-21-26(30)28-23-19-17-18-20-24(23)29-25(28)22-27(31)32/h17-20,29H,2-16,21-22H2,1H3,(H,31,32). The quantitative estimate of drug-likeness (QED) is 0.170. The van der Waals surface area contributed by atoms with E-state index in [1.165, 1.54) is 83.5 Å². The normalized spacial score (nSPS) is 11.3. The fourth-order valence-electron chi connectivity index (χ4n) is 4.58. The van der Waals surface area contributed by atoms with Crippen LogP contribution in [0.4, 0.5) is 0 Å². The number of para-hydroxylation sites is 1. The zero-order chi connectivity index (χ0) is 23.0. The van der Waals surface area contributed by atoms with Crippen molar-refractivity contribution < 1.29 is 14.7 Å². The number of carbonyl (C=O) groups excluding carboxylic acids is 1. The number of fused-ring (bicyclic) bond motifs is 1. The summed E-state index contributed by atoms with van der Waals surface area (Å²) in [5, 5.41) is 10.0. The molecule has 0 fully saturated rings. The Morgan fingerprint density at radius 1 is 0.750 bits per heavy atom. The highest BCUT2D eigenvalue weighted by Gasteiger charge is 2.19.